The second-order valence-corrected chi connectivity index (χ2v) is 3.49. The van der Waals surface area contributed by atoms with Gasteiger partial charge in [-0.3, -0.25) is 0 Å². The van der Waals surface area contributed by atoms with Gasteiger partial charge in [0, 0.05) is 5.92 Å². The summed E-state index contributed by atoms with van der Waals surface area (Å²) in [5.41, 5.74) is 5.67. The van der Waals surface area contributed by atoms with Crippen LogP contribution in [-0.2, 0) is 4.74 Å². The highest BCUT2D eigenvalue weighted by Gasteiger charge is 2.39. The molecule has 0 amide bonds. The van der Waals surface area contributed by atoms with Gasteiger partial charge in [0.2, 0.25) is 0 Å². The number of rotatable bonds is 1. The first-order valence-electron chi connectivity index (χ1n) is 4.26. The first-order valence-corrected chi connectivity index (χ1v) is 4.26. The van der Waals surface area contributed by atoms with Gasteiger partial charge in [-0.2, -0.15) is 5.10 Å². The number of ether oxygens (including phenoxy) is 1. The SMILES string of the molecule is CC1OC(C)C(C(N)=NN)C1C. The maximum absolute atomic E-state index is 5.67. The Morgan fingerprint density at radius 1 is 1.25 bits per heavy atom. The summed E-state index contributed by atoms with van der Waals surface area (Å²) in [7, 11) is 0. The molecule has 70 valence electrons. The zero-order chi connectivity index (χ0) is 9.30. The van der Waals surface area contributed by atoms with Crippen molar-refractivity contribution in [2.45, 2.75) is 33.0 Å². The van der Waals surface area contributed by atoms with Crippen LogP contribution in [0, 0.1) is 11.8 Å². The van der Waals surface area contributed by atoms with Gasteiger partial charge in [-0.25, -0.2) is 0 Å². The molecule has 1 rings (SSSR count). The van der Waals surface area contributed by atoms with E-state index in [0.29, 0.717) is 11.8 Å². The van der Waals surface area contributed by atoms with Crippen LogP contribution in [0.1, 0.15) is 20.8 Å². The van der Waals surface area contributed by atoms with E-state index < -0.39 is 0 Å². The molecule has 4 N–H and O–H groups in total. The Hall–Kier alpha value is -0.770. The number of hydrazone groups is 1. The summed E-state index contributed by atoms with van der Waals surface area (Å²) in [6.07, 6.45) is 0.368. The molecular weight excluding hydrogens is 154 g/mol. The molecule has 0 spiro atoms. The van der Waals surface area contributed by atoms with E-state index in [-0.39, 0.29) is 18.1 Å². The first kappa shape index (κ1) is 9.32. The summed E-state index contributed by atoms with van der Waals surface area (Å²) in [6.45, 7) is 6.16. The van der Waals surface area contributed by atoms with Crippen molar-refractivity contribution >= 4 is 5.84 Å². The van der Waals surface area contributed by atoms with Gasteiger partial charge < -0.3 is 16.3 Å². The quantitative estimate of drug-likeness (QED) is 0.257. The van der Waals surface area contributed by atoms with Crippen molar-refractivity contribution in [3.63, 3.8) is 0 Å². The van der Waals surface area contributed by atoms with Gasteiger partial charge >= 0.3 is 0 Å². The summed E-state index contributed by atoms with van der Waals surface area (Å²) in [5.74, 6) is 6.20. The van der Waals surface area contributed by atoms with E-state index >= 15 is 0 Å². The molecule has 12 heavy (non-hydrogen) atoms. The normalized spacial score (nSPS) is 43.4. The minimum Gasteiger partial charge on any atom is -0.385 e. The van der Waals surface area contributed by atoms with Crippen LogP contribution in [-0.4, -0.2) is 18.0 Å². The Morgan fingerprint density at radius 3 is 2.17 bits per heavy atom. The smallest absolute Gasteiger partial charge is 0.125 e. The predicted octanol–water partition coefficient (Wildman–Crippen LogP) is 0.277. The molecule has 0 aromatic heterocycles. The van der Waals surface area contributed by atoms with E-state index in [2.05, 4.69) is 12.0 Å². The van der Waals surface area contributed by atoms with Gasteiger partial charge in [0.25, 0.3) is 0 Å². The molecule has 1 aliphatic heterocycles. The van der Waals surface area contributed by atoms with Crippen LogP contribution in [0.5, 0.6) is 0 Å². The van der Waals surface area contributed by atoms with Crippen LogP contribution in [0.2, 0.25) is 0 Å². The molecule has 4 nitrogen and oxygen atoms in total. The molecule has 4 heteroatoms. The van der Waals surface area contributed by atoms with Crippen LogP contribution < -0.4 is 11.6 Å². The summed E-state index contributed by atoms with van der Waals surface area (Å²) in [4.78, 5) is 0. The molecule has 4 unspecified atom stereocenters. The van der Waals surface area contributed by atoms with Crippen LogP contribution >= 0.6 is 0 Å². The van der Waals surface area contributed by atoms with Crippen LogP contribution in [0.25, 0.3) is 0 Å². The Bertz CT molecular complexity index is 193. The Morgan fingerprint density at radius 2 is 1.83 bits per heavy atom. The third-order valence-electron chi connectivity index (χ3n) is 2.73. The Balaban J connectivity index is 2.76. The summed E-state index contributed by atoms with van der Waals surface area (Å²) in [6, 6.07) is 0. The van der Waals surface area contributed by atoms with E-state index in [9.17, 15) is 0 Å². The van der Waals surface area contributed by atoms with Gasteiger partial charge in [-0.15, -0.1) is 0 Å². The zero-order valence-electron chi connectivity index (χ0n) is 7.82. The average Bonchev–Trinajstić information content (AvgIpc) is 2.26. The maximum Gasteiger partial charge on any atom is 0.125 e. The second kappa shape index (κ2) is 3.31. The molecule has 1 aliphatic rings. The van der Waals surface area contributed by atoms with Gasteiger partial charge in [-0.1, -0.05) is 6.92 Å². The van der Waals surface area contributed by atoms with E-state index in [1.165, 1.54) is 0 Å². The van der Waals surface area contributed by atoms with E-state index in [1.807, 2.05) is 13.8 Å². The fraction of sp³-hybridized carbons (Fsp3) is 0.875. The summed E-state index contributed by atoms with van der Waals surface area (Å²) in [5, 5.41) is 3.52. The van der Waals surface area contributed by atoms with Crippen LogP contribution in [0.15, 0.2) is 5.10 Å². The molecule has 0 saturated carbocycles. The van der Waals surface area contributed by atoms with Crippen molar-refractivity contribution in [1.29, 1.82) is 0 Å². The van der Waals surface area contributed by atoms with E-state index in [4.69, 9.17) is 16.3 Å². The van der Waals surface area contributed by atoms with Crippen molar-refractivity contribution in [2.24, 2.45) is 28.5 Å². The largest absolute Gasteiger partial charge is 0.385 e. The zero-order valence-corrected chi connectivity index (χ0v) is 7.82. The fourth-order valence-corrected chi connectivity index (χ4v) is 1.86. The molecule has 0 aromatic carbocycles. The molecule has 1 heterocycles. The number of nitrogens with two attached hydrogens (primary N) is 2. The minimum atomic E-state index is 0.127. The highest BCUT2D eigenvalue weighted by molar-refractivity contribution is 5.83. The third-order valence-corrected chi connectivity index (χ3v) is 2.73. The average molecular weight is 171 g/mol. The minimum absolute atomic E-state index is 0.127. The van der Waals surface area contributed by atoms with Crippen molar-refractivity contribution < 1.29 is 4.74 Å². The van der Waals surface area contributed by atoms with Crippen LogP contribution in [0.4, 0.5) is 0 Å². The molecule has 0 aromatic rings. The van der Waals surface area contributed by atoms with Crippen molar-refractivity contribution in [3.05, 3.63) is 0 Å². The van der Waals surface area contributed by atoms with E-state index in [0.717, 1.165) is 0 Å². The highest BCUT2D eigenvalue weighted by atomic mass is 16.5. The van der Waals surface area contributed by atoms with Crippen molar-refractivity contribution in [2.75, 3.05) is 0 Å². The number of hydrogen-bond donors (Lipinski definition) is 2. The van der Waals surface area contributed by atoms with E-state index in [1.54, 1.807) is 0 Å². The first-order chi connectivity index (χ1) is 5.57. The Kier molecular flexibility index (Phi) is 2.57. The van der Waals surface area contributed by atoms with Crippen molar-refractivity contribution in [3.8, 4) is 0 Å². The summed E-state index contributed by atoms with van der Waals surface area (Å²) >= 11 is 0. The lowest BCUT2D eigenvalue weighted by atomic mass is 9.89. The lowest BCUT2D eigenvalue weighted by molar-refractivity contribution is 0.0550. The Labute approximate surface area is 72.9 Å². The number of amidine groups is 1. The molecule has 4 atom stereocenters. The molecular formula is C8H17N3O. The molecule has 0 aliphatic carbocycles. The molecule has 1 fully saturated rings. The topological polar surface area (TPSA) is 73.6 Å². The number of nitrogens with zero attached hydrogens (tertiary/aromatic N) is 1. The molecule has 1 saturated heterocycles. The number of hydrogen-bond acceptors (Lipinski definition) is 3. The fourth-order valence-electron chi connectivity index (χ4n) is 1.86. The van der Waals surface area contributed by atoms with Crippen LogP contribution in [0.3, 0.4) is 0 Å². The monoisotopic (exact) mass is 171 g/mol. The third kappa shape index (κ3) is 1.39. The van der Waals surface area contributed by atoms with Gasteiger partial charge in [0.05, 0.1) is 12.2 Å². The van der Waals surface area contributed by atoms with Gasteiger partial charge in [0.1, 0.15) is 5.84 Å². The summed E-state index contributed by atoms with van der Waals surface area (Å²) < 4.78 is 5.59. The van der Waals surface area contributed by atoms with Gasteiger partial charge in [-0.05, 0) is 19.8 Å². The molecule has 0 bridgehead atoms. The second-order valence-electron chi connectivity index (χ2n) is 3.49. The van der Waals surface area contributed by atoms with Gasteiger partial charge in [0.15, 0.2) is 0 Å². The molecule has 0 radical (unpaired) electrons. The standard InChI is InChI=1S/C8H17N3O/c1-4-5(2)12-6(3)7(4)8(9)11-10/h4-7H,10H2,1-3H3,(H2,9,11). The lowest BCUT2D eigenvalue weighted by Crippen LogP contribution is -2.33. The lowest BCUT2D eigenvalue weighted by Gasteiger charge is -2.16. The maximum atomic E-state index is 5.67. The van der Waals surface area contributed by atoms with Crippen molar-refractivity contribution in [1.82, 2.24) is 0 Å². The predicted molar refractivity (Wildman–Crippen MR) is 48.5 cm³/mol. The highest BCUT2D eigenvalue weighted by Crippen LogP contribution is 2.31.